The number of rotatable bonds is 6. The van der Waals surface area contributed by atoms with Gasteiger partial charge in [-0.3, -0.25) is 0 Å². The Hall–Kier alpha value is -2.71. The predicted molar refractivity (Wildman–Crippen MR) is 85.7 cm³/mol. The van der Waals surface area contributed by atoms with Gasteiger partial charge in [0, 0.05) is 18.0 Å². The summed E-state index contributed by atoms with van der Waals surface area (Å²) < 4.78 is 5.73. The average Bonchev–Trinajstić information content (AvgIpc) is 2.52. The van der Waals surface area contributed by atoms with E-state index >= 15 is 0 Å². The number of nitrogens with zero attached hydrogens (tertiary/aromatic N) is 1. The summed E-state index contributed by atoms with van der Waals surface area (Å²) in [6, 6.07) is 13.6. The van der Waals surface area contributed by atoms with E-state index in [4.69, 9.17) is 10.5 Å². The van der Waals surface area contributed by atoms with Gasteiger partial charge in [0.05, 0.1) is 6.54 Å². The lowest BCUT2D eigenvalue weighted by atomic mass is 10.1. The Kier molecular flexibility index (Phi) is 5.44. The fourth-order valence-corrected chi connectivity index (χ4v) is 1.84. The van der Waals surface area contributed by atoms with Gasteiger partial charge in [0.1, 0.15) is 18.2 Å². The highest BCUT2D eigenvalue weighted by Crippen LogP contribution is 2.18. The Balaban J connectivity index is 2.07. The largest absolute Gasteiger partial charge is 0.483 e. The number of nitrogen functional groups attached to an aromatic ring is 1. The molecule has 3 N–H and O–H groups in total. The van der Waals surface area contributed by atoms with Crippen LogP contribution in [-0.2, 0) is 4.74 Å². The van der Waals surface area contributed by atoms with Crippen LogP contribution in [0.5, 0.6) is 0 Å². The average molecular weight is 281 g/mol. The Morgan fingerprint density at radius 2 is 2.14 bits per heavy atom. The van der Waals surface area contributed by atoms with Crippen molar-refractivity contribution < 1.29 is 4.74 Å². The van der Waals surface area contributed by atoms with Crippen LogP contribution in [0.25, 0.3) is 0 Å². The quantitative estimate of drug-likeness (QED) is 0.628. The number of anilines is 2. The molecule has 0 radical (unpaired) electrons. The lowest BCUT2D eigenvalue weighted by Crippen LogP contribution is -2.14. The highest BCUT2D eigenvalue weighted by Gasteiger charge is 2.11. The predicted octanol–water partition coefficient (Wildman–Crippen LogP) is 3.52. The van der Waals surface area contributed by atoms with Gasteiger partial charge in [-0.1, -0.05) is 36.1 Å². The van der Waals surface area contributed by atoms with Gasteiger partial charge in [-0.2, -0.15) is 0 Å². The summed E-state index contributed by atoms with van der Waals surface area (Å²) in [5.74, 6) is 0.731. The molecule has 108 valence electrons. The Bertz CT molecular complexity index is 619. The third kappa shape index (κ3) is 4.71. The second kappa shape index (κ2) is 7.78. The Morgan fingerprint density at radius 3 is 2.86 bits per heavy atom. The summed E-state index contributed by atoms with van der Waals surface area (Å²) in [4.78, 5) is 4.22. The van der Waals surface area contributed by atoms with Crippen LogP contribution in [0.4, 0.5) is 11.5 Å². The van der Waals surface area contributed by atoms with E-state index in [2.05, 4.69) is 16.0 Å². The molecule has 21 heavy (non-hydrogen) atoms. The van der Waals surface area contributed by atoms with E-state index < -0.39 is 0 Å². The molecule has 0 saturated heterocycles. The van der Waals surface area contributed by atoms with Crippen molar-refractivity contribution in [2.45, 2.75) is 13.0 Å². The number of hydrogen-bond donors (Lipinski definition) is 2. The number of pyridine rings is 1. The molecule has 0 fully saturated rings. The van der Waals surface area contributed by atoms with E-state index in [-0.39, 0.29) is 6.10 Å². The number of nitrogens with two attached hydrogens (primary N) is 1. The number of benzene rings is 1. The van der Waals surface area contributed by atoms with Gasteiger partial charge < -0.3 is 15.8 Å². The first-order valence-corrected chi connectivity index (χ1v) is 6.81. The molecule has 1 aromatic heterocycles. The first-order chi connectivity index (χ1) is 10.3. The van der Waals surface area contributed by atoms with Gasteiger partial charge >= 0.3 is 0 Å². The van der Waals surface area contributed by atoms with Crippen LogP contribution in [0.2, 0.25) is 0 Å². The van der Waals surface area contributed by atoms with Crippen LogP contribution in [0.3, 0.4) is 0 Å². The maximum Gasteiger partial charge on any atom is 0.141 e. The molecule has 0 aliphatic heterocycles. The third-order valence-electron chi connectivity index (χ3n) is 2.89. The first-order valence-electron chi connectivity index (χ1n) is 6.81. The van der Waals surface area contributed by atoms with E-state index in [9.17, 15) is 0 Å². The smallest absolute Gasteiger partial charge is 0.141 e. The SMILES string of the molecule is CC=C=COC(CNc1cc(N)ccn1)c1ccccc1. The number of nitrogens with one attached hydrogen (secondary N) is 1. The summed E-state index contributed by atoms with van der Waals surface area (Å²) in [7, 11) is 0. The van der Waals surface area contributed by atoms with Gasteiger partial charge in [-0.15, -0.1) is 0 Å². The molecule has 4 heteroatoms. The monoisotopic (exact) mass is 281 g/mol. The van der Waals surface area contributed by atoms with Crippen molar-refractivity contribution in [2.24, 2.45) is 0 Å². The highest BCUT2D eigenvalue weighted by molar-refractivity contribution is 5.48. The van der Waals surface area contributed by atoms with Crippen LogP contribution < -0.4 is 11.1 Å². The van der Waals surface area contributed by atoms with E-state index in [1.165, 1.54) is 0 Å². The molecule has 0 saturated carbocycles. The summed E-state index contributed by atoms with van der Waals surface area (Å²) in [5.41, 5.74) is 10.4. The van der Waals surface area contributed by atoms with Crippen LogP contribution >= 0.6 is 0 Å². The van der Waals surface area contributed by atoms with Crippen molar-refractivity contribution in [3.8, 4) is 0 Å². The summed E-state index contributed by atoms with van der Waals surface area (Å²) in [6.07, 6.45) is 4.93. The molecule has 2 aromatic rings. The van der Waals surface area contributed by atoms with Crippen molar-refractivity contribution in [1.82, 2.24) is 4.98 Å². The van der Waals surface area contributed by atoms with Crippen molar-refractivity contribution in [3.63, 3.8) is 0 Å². The Labute approximate surface area is 125 Å². The molecule has 0 aliphatic carbocycles. The zero-order chi connectivity index (χ0) is 14.9. The van der Waals surface area contributed by atoms with Crippen molar-refractivity contribution in [2.75, 3.05) is 17.6 Å². The number of hydrogen-bond acceptors (Lipinski definition) is 4. The van der Waals surface area contributed by atoms with E-state index in [1.54, 1.807) is 30.7 Å². The van der Waals surface area contributed by atoms with Crippen LogP contribution in [0.1, 0.15) is 18.6 Å². The second-order valence-corrected chi connectivity index (χ2v) is 4.46. The molecule has 4 nitrogen and oxygen atoms in total. The summed E-state index contributed by atoms with van der Waals surface area (Å²) >= 11 is 0. The molecule has 1 atom stereocenters. The zero-order valence-electron chi connectivity index (χ0n) is 12.0. The molecule has 0 spiro atoms. The number of allylic oxidation sites excluding steroid dienone is 1. The summed E-state index contributed by atoms with van der Waals surface area (Å²) in [5, 5.41) is 3.24. The molecule has 1 heterocycles. The van der Waals surface area contributed by atoms with Gasteiger partial charge in [0.25, 0.3) is 0 Å². The minimum Gasteiger partial charge on any atom is -0.483 e. The molecule has 1 aromatic carbocycles. The molecular formula is C17H19N3O. The van der Waals surface area contributed by atoms with E-state index in [0.717, 1.165) is 11.4 Å². The van der Waals surface area contributed by atoms with Crippen molar-refractivity contribution in [3.05, 3.63) is 72.3 Å². The summed E-state index contributed by atoms with van der Waals surface area (Å²) in [6.45, 7) is 2.48. The normalized spacial score (nSPS) is 11.1. The third-order valence-corrected chi connectivity index (χ3v) is 2.89. The molecule has 0 bridgehead atoms. The lowest BCUT2D eigenvalue weighted by molar-refractivity contribution is 0.158. The zero-order valence-corrected chi connectivity index (χ0v) is 12.0. The van der Waals surface area contributed by atoms with E-state index in [1.807, 2.05) is 37.3 Å². The van der Waals surface area contributed by atoms with Crippen LogP contribution in [0, 0.1) is 0 Å². The number of ether oxygens (including phenoxy) is 1. The molecular weight excluding hydrogens is 262 g/mol. The minimum atomic E-state index is -0.123. The molecule has 0 amide bonds. The first kappa shape index (κ1) is 14.7. The topological polar surface area (TPSA) is 60.2 Å². The fraction of sp³-hybridized carbons (Fsp3) is 0.176. The standard InChI is InChI=1S/C17H19N3O/c1-2-3-11-21-16(14-7-5-4-6-8-14)13-20-17-12-15(18)9-10-19-17/h2,4-12,16H,13H2,1H3,(H3,18,19,20). The maximum absolute atomic E-state index is 5.74. The molecule has 0 aliphatic rings. The van der Waals surface area contributed by atoms with Crippen LogP contribution in [0.15, 0.2) is 66.7 Å². The molecule has 2 rings (SSSR count). The second-order valence-electron chi connectivity index (χ2n) is 4.46. The fourth-order valence-electron chi connectivity index (χ4n) is 1.84. The van der Waals surface area contributed by atoms with Gasteiger partial charge in [-0.25, -0.2) is 4.98 Å². The van der Waals surface area contributed by atoms with Gasteiger partial charge in [0.2, 0.25) is 0 Å². The van der Waals surface area contributed by atoms with Gasteiger partial charge in [0.15, 0.2) is 0 Å². The van der Waals surface area contributed by atoms with Crippen LogP contribution in [-0.4, -0.2) is 11.5 Å². The van der Waals surface area contributed by atoms with Gasteiger partial charge in [-0.05, 0) is 24.6 Å². The lowest BCUT2D eigenvalue weighted by Gasteiger charge is -2.17. The highest BCUT2D eigenvalue weighted by atomic mass is 16.5. The number of aromatic nitrogens is 1. The van der Waals surface area contributed by atoms with Crippen molar-refractivity contribution >= 4 is 11.5 Å². The molecule has 1 unspecified atom stereocenters. The van der Waals surface area contributed by atoms with E-state index in [0.29, 0.717) is 12.2 Å². The maximum atomic E-state index is 5.74. The Morgan fingerprint density at radius 1 is 1.33 bits per heavy atom. The van der Waals surface area contributed by atoms with Crippen molar-refractivity contribution in [1.29, 1.82) is 0 Å². The minimum absolute atomic E-state index is 0.123.